The van der Waals surface area contributed by atoms with Gasteiger partial charge in [-0.05, 0) is 56.6 Å². The normalized spacial score (nSPS) is 14.4. The minimum Gasteiger partial charge on any atom is -0.321 e. The van der Waals surface area contributed by atoms with Crippen LogP contribution in [-0.2, 0) is 6.54 Å². The number of amides is 1. The summed E-state index contributed by atoms with van der Waals surface area (Å²) in [5.74, 6) is -0.371. The molecule has 0 unspecified atom stereocenters. The highest BCUT2D eigenvalue weighted by atomic mass is 16.6. The SMILES string of the molecule is Cc1c(C(=O)Nc2cccc(CN3CCCCC3)c2)nnn1-c1cccc([N+](=O)[O-])c1. The van der Waals surface area contributed by atoms with Crippen LogP contribution in [0.15, 0.2) is 48.5 Å². The number of carbonyl (C=O) groups is 1. The Morgan fingerprint density at radius 2 is 1.90 bits per heavy atom. The summed E-state index contributed by atoms with van der Waals surface area (Å²) in [5.41, 5.74) is 2.95. The zero-order valence-electron chi connectivity index (χ0n) is 17.3. The van der Waals surface area contributed by atoms with Gasteiger partial charge >= 0.3 is 0 Å². The van der Waals surface area contributed by atoms with E-state index >= 15 is 0 Å². The number of hydrogen-bond acceptors (Lipinski definition) is 6. The van der Waals surface area contributed by atoms with Crippen LogP contribution in [0.3, 0.4) is 0 Å². The van der Waals surface area contributed by atoms with Crippen molar-refractivity contribution in [2.24, 2.45) is 0 Å². The number of benzene rings is 2. The van der Waals surface area contributed by atoms with Gasteiger partial charge in [-0.2, -0.15) is 0 Å². The number of rotatable bonds is 6. The second-order valence-electron chi connectivity index (χ2n) is 7.70. The fourth-order valence-electron chi connectivity index (χ4n) is 3.84. The minimum atomic E-state index is -0.472. The highest BCUT2D eigenvalue weighted by molar-refractivity contribution is 6.03. The first-order valence-corrected chi connectivity index (χ1v) is 10.3. The third-order valence-electron chi connectivity index (χ3n) is 5.43. The molecule has 2 aromatic carbocycles. The van der Waals surface area contributed by atoms with E-state index in [-0.39, 0.29) is 17.3 Å². The molecule has 1 aliphatic heterocycles. The van der Waals surface area contributed by atoms with Crippen LogP contribution in [-0.4, -0.2) is 43.8 Å². The smallest absolute Gasteiger partial charge is 0.278 e. The van der Waals surface area contributed by atoms with E-state index in [9.17, 15) is 14.9 Å². The van der Waals surface area contributed by atoms with Gasteiger partial charge in [-0.15, -0.1) is 5.10 Å². The highest BCUT2D eigenvalue weighted by Gasteiger charge is 2.19. The molecule has 9 nitrogen and oxygen atoms in total. The van der Waals surface area contributed by atoms with Gasteiger partial charge in [0.25, 0.3) is 11.6 Å². The van der Waals surface area contributed by atoms with Gasteiger partial charge in [-0.1, -0.05) is 29.8 Å². The van der Waals surface area contributed by atoms with Crippen molar-refractivity contribution in [3.05, 3.63) is 75.6 Å². The van der Waals surface area contributed by atoms with E-state index in [4.69, 9.17) is 0 Å². The predicted octanol–water partition coefficient (Wildman–Crippen LogP) is 3.72. The van der Waals surface area contributed by atoms with Crippen LogP contribution in [0, 0.1) is 17.0 Å². The number of non-ortho nitro benzene ring substituents is 1. The molecule has 160 valence electrons. The third kappa shape index (κ3) is 4.77. The summed E-state index contributed by atoms with van der Waals surface area (Å²) >= 11 is 0. The predicted molar refractivity (Wildman–Crippen MR) is 116 cm³/mol. The van der Waals surface area contributed by atoms with Crippen LogP contribution < -0.4 is 5.32 Å². The number of anilines is 1. The number of aromatic nitrogens is 3. The first-order valence-electron chi connectivity index (χ1n) is 10.3. The van der Waals surface area contributed by atoms with E-state index in [0.29, 0.717) is 17.1 Å². The molecule has 0 aliphatic carbocycles. The van der Waals surface area contributed by atoms with Gasteiger partial charge in [0.15, 0.2) is 5.69 Å². The van der Waals surface area contributed by atoms with Crippen LogP contribution in [0.4, 0.5) is 11.4 Å². The van der Waals surface area contributed by atoms with Crippen molar-refractivity contribution in [2.75, 3.05) is 18.4 Å². The summed E-state index contributed by atoms with van der Waals surface area (Å²) in [7, 11) is 0. The molecule has 9 heteroatoms. The first-order chi connectivity index (χ1) is 15.0. The molecule has 0 saturated carbocycles. The maximum Gasteiger partial charge on any atom is 0.278 e. The molecule has 1 fully saturated rings. The van der Waals surface area contributed by atoms with Crippen molar-refractivity contribution in [3.63, 3.8) is 0 Å². The quantitative estimate of drug-likeness (QED) is 0.481. The van der Waals surface area contributed by atoms with E-state index in [1.54, 1.807) is 19.1 Å². The van der Waals surface area contributed by atoms with Gasteiger partial charge in [0.2, 0.25) is 0 Å². The summed E-state index contributed by atoms with van der Waals surface area (Å²) in [4.78, 5) is 25.8. The summed E-state index contributed by atoms with van der Waals surface area (Å²) in [6.07, 6.45) is 3.76. The van der Waals surface area contributed by atoms with Gasteiger partial charge in [0, 0.05) is 24.4 Å². The van der Waals surface area contributed by atoms with E-state index in [1.807, 2.05) is 18.2 Å². The molecule has 0 spiro atoms. The zero-order valence-corrected chi connectivity index (χ0v) is 17.3. The number of nitro groups is 1. The van der Waals surface area contributed by atoms with E-state index < -0.39 is 4.92 Å². The van der Waals surface area contributed by atoms with Crippen molar-refractivity contribution in [1.29, 1.82) is 0 Å². The average Bonchev–Trinajstić information content (AvgIpc) is 3.16. The van der Waals surface area contributed by atoms with Gasteiger partial charge in [0.05, 0.1) is 16.3 Å². The third-order valence-corrected chi connectivity index (χ3v) is 5.43. The van der Waals surface area contributed by atoms with Crippen molar-refractivity contribution in [1.82, 2.24) is 19.9 Å². The lowest BCUT2D eigenvalue weighted by Gasteiger charge is -2.26. The van der Waals surface area contributed by atoms with Crippen molar-refractivity contribution in [3.8, 4) is 5.69 Å². The highest BCUT2D eigenvalue weighted by Crippen LogP contribution is 2.20. The monoisotopic (exact) mass is 420 g/mol. The number of nitrogens with one attached hydrogen (secondary N) is 1. The fourth-order valence-corrected chi connectivity index (χ4v) is 3.84. The second kappa shape index (κ2) is 9.05. The largest absolute Gasteiger partial charge is 0.321 e. The summed E-state index contributed by atoms with van der Waals surface area (Å²) < 4.78 is 1.43. The van der Waals surface area contributed by atoms with Gasteiger partial charge < -0.3 is 5.32 Å². The number of piperidine rings is 1. The number of hydrogen-bond donors (Lipinski definition) is 1. The van der Waals surface area contributed by atoms with Gasteiger partial charge in [-0.3, -0.25) is 19.8 Å². The molecule has 0 atom stereocenters. The number of likely N-dealkylation sites (tertiary alicyclic amines) is 1. The molecule has 1 saturated heterocycles. The Hall–Kier alpha value is -3.59. The van der Waals surface area contributed by atoms with Gasteiger partial charge in [0.1, 0.15) is 0 Å². The second-order valence-corrected chi connectivity index (χ2v) is 7.70. The van der Waals surface area contributed by atoms with Gasteiger partial charge in [-0.25, -0.2) is 4.68 Å². The molecule has 31 heavy (non-hydrogen) atoms. The molecular formula is C22H24N6O3. The van der Waals surface area contributed by atoms with E-state index in [1.165, 1.54) is 36.1 Å². The Balaban J connectivity index is 1.49. The molecule has 1 amide bonds. The number of carbonyl (C=O) groups excluding carboxylic acids is 1. The van der Waals surface area contributed by atoms with E-state index in [2.05, 4.69) is 26.6 Å². The summed E-state index contributed by atoms with van der Waals surface area (Å²) in [6.45, 7) is 4.79. The van der Waals surface area contributed by atoms with Crippen LogP contribution in [0.1, 0.15) is 41.0 Å². The summed E-state index contributed by atoms with van der Waals surface area (Å²) in [5, 5.41) is 21.9. The Kier molecular flexibility index (Phi) is 6.03. The molecule has 4 rings (SSSR count). The lowest BCUT2D eigenvalue weighted by molar-refractivity contribution is -0.384. The van der Waals surface area contributed by atoms with Crippen LogP contribution in [0.5, 0.6) is 0 Å². The molecule has 0 bridgehead atoms. The minimum absolute atomic E-state index is 0.0519. The Morgan fingerprint density at radius 1 is 1.13 bits per heavy atom. The maximum absolute atomic E-state index is 12.8. The first kappa shape index (κ1) is 20.7. The van der Waals surface area contributed by atoms with Crippen LogP contribution in [0.25, 0.3) is 5.69 Å². The fraction of sp³-hybridized carbons (Fsp3) is 0.318. The maximum atomic E-state index is 12.8. The topological polar surface area (TPSA) is 106 Å². The van der Waals surface area contributed by atoms with E-state index in [0.717, 1.165) is 25.2 Å². The molecular weight excluding hydrogens is 396 g/mol. The Morgan fingerprint density at radius 3 is 2.68 bits per heavy atom. The van der Waals surface area contributed by atoms with Crippen molar-refractivity contribution >= 4 is 17.3 Å². The van der Waals surface area contributed by atoms with Crippen LogP contribution in [0.2, 0.25) is 0 Å². The van der Waals surface area contributed by atoms with Crippen molar-refractivity contribution in [2.45, 2.75) is 32.7 Å². The number of nitro benzene ring substituents is 1. The molecule has 2 heterocycles. The molecule has 1 aromatic heterocycles. The molecule has 3 aromatic rings. The standard InChI is InChI=1S/C22H24N6O3/c1-16-21(24-25-27(16)19-9-6-10-20(14-19)28(30)31)22(29)23-18-8-5-7-17(13-18)15-26-11-3-2-4-12-26/h5-10,13-14H,2-4,11-12,15H2,1H3,(H,23,29). The Labute approximate surface area is 179 Å². The average molecular weight is 420 g/mol. The summed E-state index contributed by atoms with van der Waals surface area (Å²) in [6, 6.07) is 13.9. The molecule has 1 N–H and O–H groups in total. The lowest BCUT2D eigenvalue weighted by atomic mass is 10.1. The molecule has 0 radical (unpaired) electrons. The van der Waals surface area contributed by atoms with Crippen LogP contribution >= 0.6 is 0 Å². The lowest BCUT2D eigenvalue weighted by Crippen LogP contribution is -2.29. The molecule has 1 aliphatic rings. The number of nitrogens with zero attached hydrogens (tertiary/aromatic N) is 5. The van der Waals surface area contributed by atoms with Crippen molar-refractivity contribution < 1.29 is 9.72 Å². The Bertz CT molecular complexity index is 1100. The zero-order chi connectivity index (χ0) is 21.8.